The van der Waals surface area contributed by atoms with Gasteiger partial charge in [0, 0.05) is 22.1 Å². The predicted molar refractivity (Wildman–Crippen MR) is 140 cm³/mol. The van der Waals surface area contributed by atoms with Crippen LogP contribution < -0.4 is 15.4 Å². The van der Waals surface area contributed by atoms with Crippen molar-refractivity contribution >= 4 is 33.4 Å². The molecule has 3 aromatic carbocycles. The third-order valence-corrected chi connectivity index (χ3v) is 5.72. The van der Waals surface area contributed by atoms with Gasteiger partial charge in [0.25, 0.3) is 0 Å². The van der Waals surface area contributed by atoms with Crippen molar-refractivity contribution in [1.29, 1.82) is 0 Å². The first-order valence-electron chi connectivity index (χ1n) is 11.4. The van der Waals surface area contributed by atoms with E-state index in [1.165, 1.54) is 24.7 Å². The van der Waals surface area contributed by atoms with Crippen LogP contribution in [0.2, 0.25) is 0 Å². The zero-order valence-electron chi connectivity index (χ0n) is 19.6. The highest BCUT2D eigenvalue weighted by atomic mass is 79.9. The molecule has 3 N–H and O–H groups in total. The number of aromatic nitrogens is 2. The Morgan fingerprint density at radius 2 is 1.65 bits per heavy atom. The number of benzene rings is 3. The van der Waals surface area contributed by atoms with Crippen molar-refractivity contribution in [1.82, 2.24) is 15.3 Å². The maximum Gasteiger partial charge on any atom is 0.249 e. The van der Waals surface area contributed by atoms with Crippen LogP contribution >= 0.6 is 15.9 Å². The molecule has 0 unspecified atom stereocenters. The van der Waals surface area contributed by atoms with E-state index in [0.29, 0.717) is 22.9 Å². The fourth-order valence-electron chi connectivity index (χ4n) is 3.33. The summed E-state index contributed by atoms with van der Waals surface area (Å²) in [6.45, 7) is 0.0747. The van der Waals surface area contributed by atoms with E-state index in [4.69, 9.17) is 9.47 Å². The van der Waals surface area contributed by atoms with E-state index in [1.54, 1.807) is 36.4 Å². The lowest BCUT2D eigenvalue weighted by Crippen LogP contribution is -2.47. The molecular weight excluding hydrogens is 543 g/mol. The number of rotatable bonds is 11. The van der Waals surface area contributed by atoms with Crippen LogP contribution in [0, 0.1) is 5.82 Å². The van der Waals surface area contributed by atoms with Crippen molar-refractivity contribution in [3.05, 3.63) is 107 Å². The molecule has 8 nitrogen and oxygen atoms in total. The van der Waals surface area contributed by atoms with Gasteiger partial charge < -0.3 is 25.1 Å². The summed E-state index contributed by atoms with van der Waals surface area (Å²) in [5.74, 6) is 0.123. The van der Waals surface area contributed by atoms with Crippen LogP contribution in [0.25, 0.3) is 0 Å². The van der Waals surface area contributed by atoms with Gasteiger partial charge >= 0.3 is 0 Å². The van der Waals surface area contributed by atoms with Gasteiger partial charge in [-0.25, -0.2) is 9.37 Å². The Morgan fingerprint density at radius 3 is 2.30 bits per heavy atom. The number of anilines is 1. The lowest BCUT2D eigenvalue weighted by atomic mass is 10.2. The molecule has 4 aromatic rings. The molecule has 1 aromatic heterocycles. The second-order valence-electron chi connectivity index (χ2n) is 8.08. The minimum absolute atomic E-state index is 0.0316. The maximum absolute atomic E-state index is 13.1. The summed E-state index contributed by atoms with van der Waals surface area (Å²) < 4.78 is 25.6. The van der Waals surface area contributed by atoms with Gasteiger partial charge in [0.15, 0.2) is 0 Å². The lowest BCUT2D eigenvalue weighted by molar-refractivity contribution is -0.127. The fourth-order valence-corrected chi connectivity index (χ4v) is 3.60. The van der Waals surface area contributed by atoms with E-state index >= 15 is 0 Å². The molecule has 0 spiro atoms. The van der Waals surface area contributed by atoms with E-state index < -0.39 is 11.9 Å². The van der Waals surface area contributed by atoms with Crippen LogP contribution in [0.3, 0.4) is 0 Å². The molecule has 0 bridgehead atoms. The summed E-state index contributed by atoms with van der Waals surface area (Å²) >= 11 is 3.39. The molecule has 0 aliphatic rings. The van der Waals surface area contributed by atoms with Gasteiger partial charge in [0.05, 0.1) is 26.0 Å². The van der Waals surface area contributed by atoms with E-state index in [1.807, 2.05) is 24.3 Å². The molecule has 2 amide bonds. The smallest absolute Gasteiger partial charge is 0.249 e. The highest BCUT2D eigenvalue weighted by Gasteiger charge is 2.22. The van der Waals surface area contributed by atoms with Gasteiger partial charge in [-0.3, -0.25) is 9.59 Å². The molecule has 37 heavy (non-hydrogen) atoms. The third kappa shape index (κ3) is 8.26. The Hall–Kier alpha value is -4.02. The van der Waals surface area contributed by atoms with Gasteiger partial charge in [-0.15, -0.1) is 0 Å². The number of hydrogen-bond donors (Lipinski definition) is 3. The van der Waals surface area contributed by atoms with Crippen molar-refractivity contribution in [2.45, 2.75) is 19.1 Å². The molecule has 4 rings (SSSR count). The first kappa shape index (κ1) is 26.1. The highest BCUT2D eigenvalue weighted by molar-refractivity contribution is 9.10. The molecule has 0 saturated heterocycles. The summed E-state index contributed by atoms with van der Waals surface area (Å²) in [6, 6.07) is 19.2. The molecular formula is C27H24BrFN4O4. The second kappa shape index (κ2) is 12.8. The molecule has 0 aliphatic carbocycles. The number of carbonyl (C=O) groups is 2. The fraction of sp³-hybridized carbons (Fsp3) is 0.148. The van der Waals surface area contributed by atoms with Crippen molar-refractivity contribution in [3.63, 3.8) is 0 Å². The van der Waals surface area contributed by atoms with Crippen LogP contribution in [-0.4, -0.2) is 34.4 Å². The minimum atomic E-state index is -0.963. The predicted octanol–water partition coefficient (Wildman–Crippen LogP) is 4.99. The molecule has 10 heteroatoms. The van der Waals surface area contributed by atoms with Crippen LogP contribution in [0.4, 0.5) is 10.1 Å². The molecule has 0 fully saturated rings. The largest absolute Gasteiger partial charge is 0.457 e. The molecule has 1 atom stereocenters. The number of amides is 2. The number of carbonyl (C=O) groups excluding carboxylic acids is 2. The Kier molecular flexibility index (Phi) is 9.01. The molecule has 190 valence electrons. The van der Waals surface area contributed by atoms with Crippen LogP contribution in [-0.2, 0) is 27.4 Å². The maximum atomic E-state index is 13.1. The average Bonchev–Trinajstić information content (AvgIpc) is 3.40. The standard InChI is InChI=1S/C27H24BrFN4O4/c28-19-3-9-23(10-4-19)37-24-11-7-21(8-12-24)32-27(35)25(33-26(34)13-22-14-30-17-31-22)16-36-15-18-1-5-20(29)6-2-18/h1-12,14,17,25H,13,15-16H2,(H,30,31)(H,32,35)(H,33,34)/t25-/m0/s1. The van der Waals surface area contributed by atoms with E-state index in [2.05, 4.69) is 36.5 Å². The third-order valence-electron chi connectivity index (χ3n) is 5.20. The molecule has 0 aliphatic heterocycles. The summed E-state index contributed by atoms with van der Waals surface area (Å²) in [5, 5.41) is 5.50. The average molecular weight is 567 g/mol. The number of imidazole rings is 1. The Labute approximate surface area is 221 Å². The number of aromatic amines is 1. The Morgan fingerprint density at radius 1 is 0.973 bits per heavy atom. The number of ether oxygens (including phenoxy) is 2. The van der Waals surface area contributed by atoms with Crippen molar-refractivity contribution in [2.75, 3.05) is 11.9 Å². The number of halogens is 2. The SMILES string of the molecule is O=C(Cc1cnc[nH]1)N[C@@H](COCc1ccc(F)cc1)C(=O)Nc1ccc(Oc2ccc(Br)cc2)cc1. The van der Waals surface area contributed by atoms with Crippen molar-refractivity contribution in [3.8, 4) is 11.5 Å². The second-order valence-corrected chi connectivity index (χ2v) is 9.00. The number of hydrogen-bond acceptors (Lipinski definition) is 5. The van der Waals surface area contributed by atoms with Gasteiger partial charge in [-0.1, -0.05) is 28.1 Å². The monoisotopic (exact) mass is 566 g/mol. The number of nitrogens with zero attached hydrogens (tertiary/aromatic N) is 1. The normalized spacial score (nSPS) is 11.5. The zero-order chi connectivity index (χ0) is 26.0. The summed E-state index contributed by atoms with van der Waals surface area (Å²) in [6.07, 6.45) is 3.05. The quantitative estimate of drug-likeness (QED) is 0.237. The van der Waals surface area contributed by atoms with Crippen LogP contribution in [0.15, 0.2) is 89.8 Å². The van der Waals surface area contributed by atoms with Gasteiger partial charge in [0.2, 0.25) is 11.8 Å². The van der Waals surface area contributed by atoms with Gasteiger partial charge in [-0.05, 0) is 66.2 Å². The van der Waals surface area contributed by atoms with E-state index in [0.717, 1.165) is 10.0 Å². The minimum Gasteiger partial charge on any atom is -0.457 e. The van der Waals surface area contributed by atoms with Crippen molar-refractivity contribution in [2.24, 2.45) is 0 Å². The Bertz CT molecular complexity index is 1300. The molecule has 0 saturated carbocycles. The van der Waals surface area contributed by atoms with Gasteiger partial charge in [0.1, 0.15) is 23.4 Å². The van der Waals surface area contributed by atoms with E-state index in [-0.39, 0.29) is 31.4 Å². The topological polar surface area (TPSA) is 105 Å². The molecule has 0 radical (unpaired) electrons. The van der Waals surface area contributed by atoms with E-state index in [9.17, 15) is 14.0 Å². The number of nitrogens with one attached hydrogen (secondary N) is 3. The van der Waals surface area contributed by atoms with Crippen LogP contribution in [0.1, 0.15) is 11.3 Å². The Balaban J connectivity index is 1.37. The van der Waals surface area contributed by atoms with Crippen LogP contribution in [0.5, 0.6) is 11.5 Å². The molecule has 1 heterocycles. The number of H-pyrrole nitrogens is 1. The summed E-state index contributed by atoms with van der Waals surface area (Å²) in [5.41, 5.74) is 1.88. The first-order chi connectivity index (χ1) is 17.9. The highest BCUT2D eigenvalue weighted by Crippen LogP contribution is 2.24. The zero-order valence-corrected chi connectivity index (χ0v) is 21.2. The summed E-state index contributed by atoms with van der Waals surface area (Å²) in [4.78, 5) is 32.3. The van der Waals surface area contributed by atoms with Gasteiger partial charge in [-0.2, -0.15) is 0 Å². The summed E-state index contributed by atoms with van der Waals surface area (Å²) in [7, 11) is 0. The van der Waals surface area contributed by atoms with Crippen molar-refractivity contribution < 1.29 is 23.5 Å². The lowest BCUT2D eigenvalue weighted by Gasteiger charge is -2.19. The first-order valence-corrected chi connectivity index (χ1v) is 12.2.